The van der Waals surface area contributed by atoms with Crippen LogP contribution in [0.1, 0.15) is 36.6 Å². The van der Waals surface area contributed by atoms with Crippen molar-refractivity contribution in [3.05, 3.63) is 105 Å². The Labute approximate surface area is 177 Å². The second-order valence-corrected chi connectivity index (χ2v) is 6.59. The summed E-state index contributed by atoms with van der Waals surface area (Å²) in [5.41, 5.74) is 1.39. The summed E-state index contributed by atoms with van der Waals surface area (Å²) in [6.07, 6.45) is 0. The molecule has 3 aromatic carbocycles. The highest BCUT2D eigenvalue weighted by Crippen LogP contribution is 2.16. The van der Waals surface area contributed by atoms with Crippen molar-refractivity contribution in [2.24, 2.45) is 0 Å². The third-order valence-electron chi connectivity index (χ3n) is 4.30. The molecule has 0 aliphatic rings. The van der Waals surface area contributed by atoms with E-state index in [0.717, 1.165) is 11.6 Å². The minimum absolute atomic E-state index is 0.0274. The number of hydrogen-bond donors (Lipinski definition) is 0. The summed E-state index contributed by atoms with van der Waals surface area (Å²) in [6.45, 7) is 1.37. The molecule has 0 bridgehead atoms. The van der Waals surface area contributed by atoms with E-state index < -0.39 is 29.3 Å². The van der Waals surface area contributed by atoms with Gasteiger partial charge >= 0.3 is 11.9 Å². The molecule has 156 valence electrons. The summed E-state index contributed by atoms with van der Waals surface area (Å²) in [7, 11) is 0. The minimum Gasteiger partial charge on any atom is -0.454 e. The molecule has 0 heterocycles. The lowest BCUT2D eigenvalue weighted by Crippen LogP contribution is -2.14. The molecule has 0 atom stereocenters. The highest BCUT2D eigenvalue weighted by atomic mass is 16.6. The van der Waals surface area contributed by atoms with E-state index in [1.165, 1.54) is 42.5 Å². The Kier molecular flexibility index (Phi) is 6.51. The van der Waals surface area contributed by atoms with Gasteiger partial charge in [0.2, 0.25) is 0 Å². The highest BCUT2D eigenvalue weighted by molar-refractivity contribution is 5.99. The van der Waals surface area contributed by atoms with E-state index >= 15 is 0 Å². The van der Waals surface area contributed by atoms with Crippen LogP contribution in [-0.2, 0) is 4.74 Å². The van der Waals surface area contributed by atoms with Gasteiger partial charge in [0, 0.05) is 17.7 Å². The van der Waals surface area contributed by atoms with Crippen LogP contribution < -0.4 is 4.74 Å². The van der Waals surface area contributed by atoms with Crippen LogP contribution in [0.15, 0.2) is 72.8 Å². The van der Waals surface area contributed by atoms with Gasteiger partial charge in [-0.1, -0.05) is 23.8 Å². The van der Waals surface area contributed by atoms with E-state index in [0.29, 0.717) is 5.56 Å². The molecule has 0 aromatic heterocycles. The third kappa shape index (κ3) is 5.60. The maximum atomic E-state index is 12.2. The van der Waals surface area contributed by atoms with Crippen LogP contribution in [0.25, 0.3) is 0 Å². The van der Waals surface area contributed by atoms with Crippen molar-refractivity contribution in [1.29, 1.82) is 0 Å². The van der Waals surface area contributed by atoms with Crippen LogP contribution >= 0.6 is 0 Å². The van der Waals surface area contributed by atoms with Crippen molar-refractivity contribution in [3.63, 3.8) is 0 Å². The number of nitro benzene ring substituents is 1. The summed E-state index contributed by atoms with van der Waals surface area (Å²) in [5.74, 6) is -1.59. The Balaban J connectivity index is 1.57. The van der Waals surface area contributed by atoms with E-state index in [-0.39, 0.29) is 22.6 Å². The van der Waals surface area contributed by atoms with Gasteiger partial charge in [0.15, 0.2) is 12.4 Å². The number of non-ortho nitro benzene ring substituents is 1. The van der Waals surface area contributed by atoms with E-state index in [9.17, 15) is 24.5 Å². The Bertz CT molecular complexity index is 1140. The quantitative estimate of drug-likeness (QED) is 0.186. The zero-order valence-electron chi connectivity index (χ0n) is 16.4. The summed E-state index contributed by atoms with van der Waals surface area (Å²) < 4.78 is 10.2. The molecule has 0 spiro atoms. The Morgan fingerprint density at radius 3 is 2.13 bits per heavy atom. The number of carbonyl (C=O) groups is 3. The van der Waals surface area contributed by atoms with Gasteiger partial charge in [0.05, 0.1) is 16.1 Å². The molecule has 0 aliphatic heterocycles. The van der Waals surface area contributed by atoms with Crippen LogP contribution in [-0.4, -0.2) is 29.3 Å². The number of benzene rings is 3. The molecule has 8 nitrogen and oxygen atoms in total. The van der Waals surface area contributed by atoms with Gasteiger partial charge in [-0.05, 0) is 49.4 Å². The van der Waals surface area contributed by atoms with E-state index in [4.69, 9.17) is 9.47 Å². The average Bonchev–Trinajstić information content (AvgIpc) is 2.78. The molecule has 0 N–H and O–H groups in total. The first kappa shape index (κ1) is 21.4. The summed E-state index contributed by atoms with van der Waals surface area (Å²) in [4.78, 5) is 46.6. The fourth-order valence-corrected chi connectivity index (χ4v) is 2.61. The maximum Gasteiger partial charge on any atom is 0.343 e. The fourth-order valence-electron chi connectivity index (χ4n) is 2.61. The van der Waals surface area contributed by atoms with Crippen molar-refractivity contribution < 1.29 is 28.8 Å². The van der Waals surface area contributed by atoms with Gasteiger partial charge in [-0.2, -0.15) is 0 Å². The zero-order valence-corrected chi connectivity index (χ0v) is 16.4. The van der Waals surface area contributed by atoms with Crippen molar-refractivity contribution in [2.45, 2.75) is 6.92 Å². The SMILES string of the molecule is Cc1ccc(C(=O)Oc2ccc(C(=O)COC(=O)c3cccc([N+](=O)[O-])c3)cc2)cc1. The first-order valence-electron chi connectivity index (χ1n) is 9.17. The first-order valence-corrected chi connectivity index (χ1v) is 9.17. The number of carbonyl (C=O) groups excluding carboxylic acids is 3. The van der Waals surface area contributed by atoms with Crippen LogP contribution in [0, 0.1) is 17.0 Å². The lowest BCUT2D eigenvalue weighted by atomic mass is 10.1. The lowest BCUT2D eigenvalue weighted by Gasteiger charge is -2.07. The standard InChI is InChI=1S/C23H17NO7/c1-15-5-7-17(8-6-15)23(27)31-20-11-9-16(10-12-20)21(25)14-30-22(26)18-3-2-4-19(13-18)24(28)29/h2-13H,14H2,1H3. The Hall–Kier alpha value is -4.33. The van der Waals surface area contributed by atoms with Crippen molar-refractivity contribution >= 4 is 23.4 Å². The molecule has 0 unspecified atom stereocenters. The molecule has 0 radical (unpaired) electrons. The number of ether oxygens (including phenoxy) is 2. The molecule has 0 saturated heterocycles. The van der Waals surface area contributed by atoms with Gasteiger partial charge in [-0.15, -0.1) is 0 Å². The highest BCUT2D eigenvalue weighted by Gasteiger charge is 2.15. The predicted molar refractivity (Wildman–Crippen MR) is 110 cm³/mol. The molecule has 0 aliphatic carbocycles. The number of rotatable bonds is 7. The van der Waals surface area contributed by atoms with Crippen molar-refractivity contribution in [2.75, 3.05) is 6.61 Å². The summed E-state index contributed by atoms with van der Waals surface area (Å²) in [6, 6.07) is 17.8. The number of nitrogens with zero attached hydrogens (tertiary/aromatic N) is 1. The van der Waals surface area contributed by atoms with E-state index in [2.05, 4.69) is 0 Å². The van der Waals surface area contributed by atoms with Crippen LogP contribution in [0.4, 0.5) is 5.69 Å². The molecule has 3 aromatic rings. The van der Waals surface area contributed by atoms with Crippen LogP contribution in [0.2, 0.25) is 0 Å². The Morgan fingerprint density at radius 1 is 0.839 bits per heavy atom. The molecule has 8 heteroatoms. The first-order chi connectivity index (χ1) is 14.8. The van der Waals surface area contributed by atoms with E-state index in [1.54, 1.807) is 24.3 Å². The number of hydrogen-bond acceptors (Lipinski definition) is 7. The van der Waals surface area contributed by atoms with Crippen LogP contribution in [0.3, 0.4) is 0 Å². The number of esters is 2. The predicted octanol–water partition coefficient (Wildman–Crippen LogP) is 4.16. The number of Topliss-reactive ketones (excluding diaryl/α,β-unsaturated/α-hetero) is 1. The fraction of sp³-hybridized carbons (Fsp3) is 0.0870. The van der Waals surface area contributed by atoms with Gasteiger partial charge < -0.3 is 9.47 Å². The van der Waals surface area contributed by atoms with Gasteiger partial charge in [0.25, 0.3) is 5.69 Å². The monoisotopic (exact) mass is 419 g/mol. The van der Waals surface area contributed by atoms with Gasteiger partial charge in [0.1, 0.15) is 5.75 Å². The minimum atomic E-state index is -0.847. The molecule has 0 amide bonds. The van der Waals surface area contributed by atoms with Crippen molar-refractivity contribution in [1.82, 2.24) is 0 Å². The second kappa shape index (κ2) is 9.45. The molecule has 0 fully saturated rings. The zero-order chi connectivity index (χ0) is 22.4. The topological polar surface area (TPSA) is 113 Å². The van der Waals surface area contributed by atoms with Gasteiger partial charge in [-0.25, -0.2) is 9.59 Å². The average molecular weight is 419 g/mol. The molecule has 31 heavy (non-hydrogen) atoms. The summed E-state index contributed by atoms with van der Waals surface area (Å²) in [5, 5.41) is 10.8. The number of nitro groups is 1. The maximum absolute atomic E-state index is 12.2. The third-order valence-corrected chi connectivity index (χ3v) is 4.30. The number of aryl methyl sites for hydroxylation is 1. The molecular weight excluding hydrogens is 402 g/mol. The smallest absolute Gasteiger partial charge is 0.343 e. The lowest BCUT2D eigenvalue weighted by molar-refractivity contribution is -0.384. The number of ketones is 1. The van der Waals surface area contributed by atoms with E-state index in [1.807, 2.05) is 6.92 Å². The molecule has 3 rings (SSSR count). The molecular formula is C23H17NO7. The second-order valence-electron chi connectivity index (χ2n) is 6.59. The Morgan fingerprint density at radius 2 is 1.48 bits per heavy atom. The normalized spacial score (nSPS) is 10.2. The molecule has 0 saturated carbocycles. The van der Waals surface area contributed by atoms with Crippen molar-refractivity contribution in [3.8, 4) is 5.75 Å². The largest absolute Gasteiger partial charge is 0.454 e. The van der Waals surface area contributed by atoms with Crippen LogP contribution in [0.5, 0.6) is 5.75 Å². The summed E-state index contributed by atoms with van der Waals surface area (Å²) >= 11 is 0. The van der Waals surface area contributed by atoms with Gasteiger partial charge in [-0.3, -0.25) is 14.9 Å².